The lowest BCUT2D eigenvalue weighted by molar-refractivity contribution is -0.130. The summed E-state index contributed by atoms with van der Waals surface area (Å²) in [6.07, 6.45) is 3.66. The number of carbonyl (C=O) groups excluding carboxylic acids is 3. The van der Waals surface area contributed by atoms with E-state index in [1.54, 1.807) is 24.3 Å². The third-order valence-electron chi connectivity index (χ3n) is 9.21. The molecule has 1 atom stereocenters. The third kappa shape index (κ3) is 7.90. The summed E-state index contributed by atoms with van der Waals surface area (Å²) >= 11 is 0. The van der Waals surface area contributed by atoms with Crippen LogP contribution >= 0.6 is 0 Å². The van der Waals surface area contributed by atoms with E-state index < -0.39 is 6.04 Å². The molecule has 1 aromatic heterocycles. The first kappa shape index (κ1) is 32.0. The van der Waals surface area contributed by atoms with Gasteiger partial charge in [-0.3, -0.25) is 14.4 Å². The van der Waals surface area contributed by atoms with Crippen molar-refractivity contribution in [2.75, 3.05) is 38.0 Å². The molecule has 1 aliphatic carbocycles. The maximum atomic E-state index is 13.7. The van der Waals surface area contributed by atoms with Crippen LogP contribution in [0.4, 0.5) is 5.69 Å². The van der Waals surface area contributed by atoms with Crippen LogP contribution in [0.1, 0.15) is 41.6 Å². The Morgan fingerprint density at radius 3 is 2.28 bits per heavy atom. The summed E-state index contributed by atoms with van der Waals surface area (Å²) in [5.41, 5.74) is 10.5. The molecular weight excluding hydrogens is 594 g/mol. The topological polar surface area (TPSA) is 171 Å². The van der Waals surface area contributed by atoms with E-state index in [1.165, 1.54) is 0 Å². The molecule has 244 valence electrons. The first-order chi connectivity index (χ1) is 23.0. The maximum absolute atomic E-state index is 13.7. The van der Waals surface area contributed by atoms with Crippen molar-refractivity contribution in [3.8, 4) is 22.5 Å². The summed E-state index contributed by atoms with van der Waals surface area (Å²) in [6.45, 7) is 3.56. The molecule has 0 radical (unpaired) electrons. The van der Waals surface area contributed by atoms with Crippen LogP contribution < -0.4 is 21.7 Å². The molecule has 0 bridgehead atoms. The van der Waals surface area contributed by atoms with E-state index in [0.717, 1.165) is 61.0 Å². The Morgan fingerprint density at radius 2 is 1.60 bits per heavy atom. The molecule has 2 fully saturated rings. The number of hydrogen-bond donors (Lipinski definition) is 5. The number of H-pyrrole nitrogens is 1. The zero-order valence-corrected chi connectivity index (χ0v) is 26.3. The van der Waals surface area contributed by atoms with Crippen LogP contribution in [0.15, 0.2) is 72.8 Å². The zero-order chi connectivity index (χ0) is 32.6. The number of amides is 3. The van der Waals surface area contributed by atoms with Gasteiger partial charge in [-0.25, -0.2) is 0 Å². The SMILES string of the molecule is NCC1CCC(C(=O)NC(Cc2ccc(-c3ccccc3C(=O)N3CCNCC3)cc2)C(=O)Nc2ccc(-c3nn[nH]n3)cc2)CC1. The molecule has 47 heavy (non-hydrogen) atoms. The van der Waals surface area contributed by atoms with Crippen molar-refractivity contribution in [2.24, 2.45) is 17.6 Å². The smallest absolute Gasteiger partial charge is 0.254 e. The molecule has 1 unspecified atom stereocenters. The van der Waals surface area contributed by atoms with Crippen LogP contribution in [0, 0.1) is 11.8 Å². The molecule has 1 saturated carbocycles. The summed E-state index contributed by atoms with van der Waals surface area (Å²) in [5.74, 6) is 0.370. The predicted molar refractivity (Wildman–Crippen MR) is 179 cm³/mol. The first-order valence-corrected chi connectivity index (χ1v) is 16.3. The Bertz CT molecular complexity index is 1640. The number of rotatable bonds is 10. The number of tetrazole rings is 1. The van der Waals surface area contributed by atoms with E-state index in [2.05, 4.69) is 36.6 Å². The molecule has 3 amide bonds. The average Bonchev–Trinajstić information content (AvgIpc) is 3.67. The number of nitrogens with one attached hydrogen (secondary N) is 4. The molecule has 1 saturated heterocycles. The summed E-state index contributed by atoms with van der Waals surface area (Å²) in [6, 6.07) is 21.9. The molecule has 6 N–H and O–H groups in total. The Balaban J connectivity index is 1.18. The van der Waals surface area contributed by atoms with Crippen LogP contribution in [0.2, 0.25) is 0 Å². The Kier molecular flexibility index (Phi) is 10.3. The van der Waals surface area contributed by atoms with Gasteiger partial charge in [-0.15, -0.1) is 10.2 Å². The minimum atomic E-state index is -0.793. The summed E-state index contributed by atoms with van der Waals surface area (Å²) in [4.78, 5) is 42.4. The Hall–Kier alpha value is -4.94. The second kappa shape index (κ2) is 15.1. The van der Waals surface area contributed by atoms with E-state index in [4.69, 9.17) is 5.73 Å². The van der Waals surface area contributed by atoms with Crippen LogP contribution in [-0.4, -0.2) is 82.0 Å². The molecular formula is C35H41N9O3. The number of piperazine rings is 1. The highest BCUT2D eigenvalue weighted by molar-refractivity contribution is 6.01. The van der Waals surface area contributed by atoms with Crippen molar-refractivity contribution in [1.29, 1.82) is 0 Å². The number of nitrogens with zero attached hydrogens (tertiary/aromatic N) is 4. The molecule has 0 spiro atoms. The number of nitrogens with two attached hydrogens (primary N) is 1. The molecule has 2 heterocycles. The number of benzene rings is 3. The van der Waals surface area contributed by atoms with E-state index >= 15 is 0 Å². The van der Waals surface area contributed by atoms with Gasteiger partial charge in [0, 0.05) is 55.3 Å². The fourth-order valence-electron chi connectivity index (χ4n) is 6.39. The van der Waals surface area contributed by atoms with E-state index in [0.29, 0.717) is 49.0 Å². The zero-order valence-electron chi connectivity index (χ0n) is 26.3. The summed E-state index contributed by atoms with van der Waals surface area (Å²) < 4.78 is 0. The minimum Gasteiger partial charge on any atom is -0.344 e. The van der Waals surface area contributed by atoms with Gasteiger partial charge in [-0.2, -0.15) is 5.21 Å². The Morgan fingerprint density at radius 1 is 0.894 bits per heavy atom. The van der Waals surface area contributed by atoms with E-state index in [1.807, 2.05) is 53.4 Å². The van der Waals surface area contributed by atoms with Crippen LogP contribution in [0.3, 0.4) is 0 Å². The monoisotopic (exact) mass is 635 g/mol. The fourth-order valence-corrected chi connectivity index (χ4v) is 6.39. The molecule has 4 aromatic rings. The number of aromatic amines is 1. The van der Waals surface area contributed by atoms with Crippen LogP contribution in [-0.2, 0) is 16.0 Å². The lowest BCUT2D eigenvalue weighted by Gasteiger charge is -2.28. The third-order valence-corrected chi connectivity index (χ3v) is 9.21. The van der Waals surface area contributed by atoms with E-state index in [9.17, 15) is 14.4 Å². The van der Waals surface area contributed by atoms with Crippen LogP contribution in [0.5, 0.6) is 0 Å². The summed E-state index contributed by atoms with van der Waals surface area (Å²) in [5, 5.41) is 23.3. The van der Waals surface area contributed by atoms with Crippen molar-refractivity contribution in [1.82, 2.24) is 36.2 Å². The van der Waals surface area contributed by atoms with Gasteiger partial charge in [0.25, 0.3) is 5.91 Å². The second-order valence-electron chi connectivity index (χ2n) is 12.3. The Labute approximate surface area is 273 Å². The van der Waals surface area contributed by atoms with Gasteiger partial charge in [-0.05, 0) is 90.4 Å². The molecule has 12 nitrogen and oxygen atoms in total. The quantitative estimate of drug-likeness (QED) is 0.177. The molecule has 6 rings (SSSR count). The summed E-state index contributed by atoms with van der Waals surface area (Å²) in [7, 11) is 0. The van der Waals surface area contributed by atoms with Crippen LogP contribution in [0.25, 0.3) is 22.5 Å². The molecule has 1 aliphatic heterocycles. The number of anilines is 1. The van der Waals surface area contributed by atoms with Crippen molar-refractivity contribution in [3.05, 3.63) is 83.9 Å². The van der Waals surface area contributed by atoms with Crippen molar-refractivity contribution >= 4 is 23.4 Å². The number of aromatic nitrogens is 4. The van der Waals surface area contributed by atoms with Gasteiger partial charge in [0.1, 0.15) is 6.04 Å². The lowest BCUT2D eigenvalue weighted by Crippen LogP contribution is -2.48. The van der Waals surface area contributed by atoms with Crippen molar-refractivity contribution < 1.29 is 14.4 Å². The highest BCUT2D eigenvalue weighted by Crippen LogP contribution is 2.29. The largest absolute Gasteiger partial charge is 0.344 e. The minimum absolute atomic E-state index is 0.0245. The highest BCUT2D eigenvalue weighted by Gasteiger charge is 2.29. The second-order valence-corrected chi connectivity index (χ2v) is 12.3. The standard InChI is InChI=1S/C35H41N9O3/c36-22-24-7-11-27(12-8-24)33(45)39-31(34(46)38-28-15-13-26(14-16-28)32-40-42-43-41-32)21-23-5-9-25(10-6-23)29-3-1-2-4-30(29)35(47)44-19-17-37-18-20-44/h1-6,9-10,13-16,24,27,31,37H,7-8,11-12,17-22,36H2,(H,38,46)(H,39,45)(H,40,41,42,43). The number of hydrogen-bond acceptors (Lipinski definition) is 8. The normalized spacial score (nSPS) is 18.7. The fraction of sp³-hybridized carbons (Fsp3) is 0.371. The van der Waals surface area contributed by atoms with Gasteiger partial charge in [0.2, 0.25) is 17.6 Å². The predicted octanol–water partition coefficient (Wildman–Crippen LogP) is 3.01. The maximum Gasteiger partial charge on any atom is 0.254 e. The van der Waals surface area contributed by atoms with Gasteiger partial charge in [0.15, 0.2) is 0 Å². The van der Waals surface area contributed by atoms with Crippen molar-refractivity contribution in [2.45, 2.75) is 38.1 Å². The van der Waals surface area contributed by atoms with E-state index in [-0.39, 0.29) is 23.6 Å². The molecule has 3 aromatic carbocycles. The molecule has 12 heteroatoms. The first-order valence-electron chi connectivity index (χ1n) is 16.3. The average molecular weight is 636 g/mol. The number of carbonyl (C=O) groups is 3. The van der Waals surface area contributed by atoms with Gasteiger partial charge >= 0.3 is 0 Å². The molecule has 2 aliphatic rings. The van der Waals surface area contributed by atoms with Crippen molar-refractivity contribution in [3.63, 3.8) is 0 Å². The van der Waals surface area contributed by atoms with Gasteiger partial charge < -0.3 is 26.6 Å². The van der Waals surface area contributed by atoms with Gasteiger partial charge in [0.05, 0.1) is 0 Å². The van der Waals surface area contributed by atoms with Gasteiger partial charge in [-0.1, -0.05) is 42.5 Å². The lowest BCUT2D eigenvalue weighted by atomic mass is 9.81. The highest BCUT2D eigenvalue weighted by atomic mass is 16.2.